The van der Waals surface area contributed by atoms with Crippen LogP contribution in [0.25, 0.3) is 22.8 Å². The number of benzene rings is 3. The van der Waals surface area contributed by atoms with Crippen LogP contribution in [-0.2, 0) is 0 Å². The second-order valence-electron chi connectivity index (χ2n) is 7.78. The molecule has 0 N–H and O–H groups in total. The number of ether oxygens (including phenoxy) is 1. The minimum absolute atomic E-state index is 0.0839. The summed E-state index contributed by atoms with van der Waals surface area (Å²) in [6.07, 6.45) is 16.8. The zero-order valence-corrected chi connectivity index (χ0v) is 17.3. The molecule has 3 aromatic rings. The second-order valence-corrected chi connectivity index (χ2v) is 7.78. The Kier molecular flexibility index (Phi) is 5.24. The first kappa shape index (κ1) is 19.1. The summed E-state index contributed by atoms with van der Waals surface area (Å²) in [4.78, 5) is 0. The molecule has 1 heterocycles. The molecule has 1 heteroatoms. The monoisotopic (exact) mass is 400 g/mol. The van der Waals surface area contributed by atoms with E-state index in [0.717, 1.165) is 22.4 Å². The molecule has 1 aliphatic heterocycles. The van der Waals surface area contributed by atoms with Crippen LogP contribution in [0.2, 0.25) is 0 Å². The van der Waals surface area contributed by atoms with Gasteiger partial charge in [-0.25, -0.2) is 0 Å². The topological polar surface area (TPSA) is 9.23 Å². The summed E-state index contributed by atoms with van der Waals surface area (Å²) in [7, 11) is 0. The molecule has 0 spiro atoms. The Morgan fingerprint density at radius 1 is 0.806 bits per heavy atom. The maximum Gasteiger partial charge on any atom is 0.132 e. The van der Waals surface area contributed by atoms with Crippen molar-refractivity contribution >= 4 is 11.6 Å². The quantitative estimate of drug-likeness (QED) is 0.401. The second kappa shape index (κ2) is 8.49. The van der Waals surface area contributed by atoms with E-state index in [1.54, 1.807) is 0 Å². The lowest BCUT2D eigenvalue weighted by Crippen LogP contribution is -2.15. The van der Waals surface area contributed by atoms with Crippen molar-refractivity contribution in [2.45, 2.75) is 12.0 Å². The van der Waals surface area contributed by atoms with Gasteiger partial charge in [0.2, 0.25) is 0 Å². The molecule has 2 unspecified atom stereocenters. The minimum atomic E-state index is 0.0839. The molecular formula is C30H24O. The highest BCUT2D eigenvalue weighted by atomic mass is 16.5. The third kappa shape index (κ3) is 3.83. The zero-order valence-electron chi connectivity index (χ0n) is 17.3. The number of fused-ring (bicyclic) bond motifs is 3. The van der Waals surface area contributed by atoms with Crippen LogP contribution in [0.5, 0.6) is 5.75 Å². The van der Waals surface area contributed by atoms with Crippen molar-refractivity contribution in [3.8, 4) is 16.9 Å². The predicted molar refractivity (Wildman–Crippen MR) is 131 cm³/mol. The Bertz CT molecular complexity index is 1210. The normalized spacial score (nSPS) is 19.2. The first-order chi connectivity index (χ1) is 15.3. The van der Waals surface area contributed by atoms with Crippen molar-refractivity contribution in [1.82, 2.24) is 0 Å². The van der Waals surface area contributed by atoms with Gasteiger partial charge in [-0.05, 0) is 28.3 Å². The Morgan fingerprint density at radius 3 is 2.39 bits per heavy atom. The van der Waals surface area contributed by atoms with Gasteiger partial charge >= 0.3 is 0 Å². The molecule has 150 valence electrons. The van der Waals surface area contributed by atoms with Crippen molar-refractivity contribution in [2.24, 2.45) is 0 Å². The highest BCUT2D eigenvalue weighted by Gasteiger charge is 2.33. The molecule has 1 nitrogen and oxygen atoms in total. The van der Waals surface area contributed by atoms with E-state index in [9.17, 15) is 0 Å². The third-order valence-electron chi connectivity index (χ3n) is 5.82. The summed E-state index contributed by atoms with van der Waals surface area (Å²) < 4.78 is 6.34. The average Bonchev–Trinajstić information content (AvgIpc) is 3.22. The SMILES string of the molecule is C=C/C=C(\C=C/c1ccc(-c2ccccc2)cc1)c1cccc2c1OC1C=CC=CC21. The smallest absolute Gasteiger partial charge is 0.132 e. The highest BCUT2D eigenvalue weighted by Crippen LogP contribution is 2.45. The standard InChI is InChI=1S/C30H24O/c1-2-9-25(21-18-22-16-19-24(20-17-22)23-10-4-3-5-11-23)26-13-8-14-28-27-12-6-7-15-29(27)31-30(26)28/h2-21,27,29H,1H2/b21-18-,25-9+. The molecule has 0 saturated heterocycles. The van der Waals surface area contributed by atoms with Crippen molar-refractivity contribution < 1.29 is 4.74 Å². The van der Waals surface area contributed by atoms with E-state index in [0.29, 0.717) is 5.92 Å². The van der Waals surface area contributed by atoms with E-state index in [-0.39, 0.29) is 6.10 Å². The summed E-state index contributed by atoms with van der Waals surface area (Å²) in [6.45, 7) is 3.92. The fraction of sp³-hybridized carbons (Fsp3) is 0.0667. The largest absolute Gasteiger partial charge is 0.484 e. The summed E-state index contributed by atoms with van der Waals surface area (Å²) in [5.74, 6) is 1.27. The fourth-order valence-corrected chi connectivity index (χ4v) is 4.26. The summed E-state index contributed by atoms with van der Waals surface area (Å²) >= 11 is 0. The maximum absolute atomic E-state index is 6.34. The van der Waals surface area contributed by atoms with E-state index in [1.807, 2.05) is 18.2 Å². The van der Waals surface area contributed by atoms with E-state index in [2.05, 4.69) is 110 Å². The lowest BCUT2D eigenvalue weighted by molar-refractivity contribution is 0.268. The molecule has 2 aliphatic rings. The fourth-order valence-electron chi connectivity index (χ4n) is 4.26. The van der Waals surface area contributed by atoms with Gasteiger partial charge in [-0.15, -0.1) is 0 Å². The Balaban J connectivity index is 1.43. The van der Waals surface area contributed by atoms with Gasteiger partial charge in [0.05, 0.1) is 0 Å². The van der Waals surface area contributed by atoms with Gasteiger partial charge in [0.1, 0.15) is 11.9 Å². The van der Waals surface area contributed by atoms with Crippen molar-refractivity contribution in [1.29, 1.82) is 0 Å². The van der Waals surface area contributed by atoms with Gasteiger partial charge in [0, 0.05) is 17.0 Å². The Morgan fingerprint density at radius 2 is 1.58 bits per heavy atom. The van der Waals surface area contributed by atoms with E-state index >= 15 is 0 Å². The van der Waals surface area contributed by atoms with Crippen LogP contribution >= 0.6 is 0 Å². The zero-order chi connectivity index (χ0) is 21.0. The minimum Gasteiger partial charge on any atom is -0.484 e. The molecule has 0 amide bonds. The molecular weight excluding hydrogens is 376 g/mol. The van der Waals surface area contributed by atoms with Crippen molar-refractivity contribution in [3.05, 3.63) is 139 Å². The molecule has 0 aromatic heterocycles. The number of para-hydroxylation sites is 1. The van der Waals surface area contributed by atoms with Crippen molar-refractivity contribution in [3.63, 3.8) is 0 Å². The first-order valence-electron chi connectivity index (χ1n) is 10.6. The molecule has 0 fully saturated rings. The molecule has 31 heavy (non-hydrogen) atoms. The number of hydrogen-bond acceptors (Lipinski definition) is 1. The van der Waals surface area contributed by atoms with Gasteiger partial charge in [-0.2, -0.15) is 0 Å². The van der Waals surface area contributed by atoms with Gasteiger partial charge in [0.15, 0.2) is 0 Å². The van der Waals surface area contributed by atoms with E-state index in [4.69, 9.17) is 4.74 Å². The highest BCUT2D eigenvalue weighted by molar-refractivity contribution is 5.84. The predicted octanol–water partition coefficient (Wildman–Crippen LogP) is 7.61. The van der Waals surface area contributed by atoms with Gasteiger partial charge in [-0.3, -0.25) is 0 Å². The van der Waals surface area contributed by atoms with Crippen LogP contribution < -0.4 is 4.74 Å². The number of allylic oxidation sites excluding steroid dienone is 6. The average molecular weight is 401 g/mol. The van der Waals surface area contributed by atoms with E-state index < -0.39 is 0 Å². The molecule has 0 saturated carbocycles. The lowest BCUT2D eigenvalue weighted by atomic mass is 9.90. The molecule has 1 aliphatic carbocycles. The van der Waals surface area contributed by atoms with Crippen LogP contribution in [0, 0.1) is 0 Å². The molecule has 5 rings (SSSR count). The third-order valence-corrected chi connectivity index (χ3v) is 5.82. The summed E-state index contributed by atoms with van der Waals surface area (Å²) in [6, 6.07) is 25.5. The Labute approximate surface area is 184 Å². The summed E-state index contributed by atoms with van der Waals surface area (Å²) in [5, 5.41) is 0. The van der Waals surface area contributed by atoms with Crippen molar-refractivity contribution in [2.75, 3.05) is 0 Å². The van der Waals surface area contributed by atoms with Crippen LogP contribution in [0.3, 0.4) is 0 Å². The summed E-state index contributed by atoms with van der Waals surface area (Å²) in [5.41, 5.74) is 7.04. The van der Waals surface area contributed by atoms with Gasteiger partial charge < -0.3 is 4.74 Å². The number of hydrogen-bond donors (Lipinski definition) is 0. The van der Waals surface area contributed by atoms with Gasteiger partial charge in [0.25, 0.3) is 0 Å². The van der Waals surface area contributed by atoms with E-state index in [1.165, 1.54) is 16.7 Å². The molecule has 3 aromatic carbocycles. The van der Waals surface area contributed by atoms with Crippen LogP contribution in [-0.4, -0.2) is 6.10 Å². The lowest BCUT2D eigenvalue weighted by Gasteiger charge is -2.14. The Hall–Kier alpha value is -3.84. The van der Waals surface area contributed by atoms with Gasteiger partial charge in [-0.1, -0.05) is 122 Å². The molecule has 2 atom stereocenters. The molecule has 0 radical (unpaired) electrons. The maximum atomic E-state index is 6.34. The van der Waals surface area contributed by atoms with Crippen LogP contribution in [0.1, 0.15) is 22.6 Å². The number of rotatable bonds is 5. The van der Waals surface area contributed by atoms with Crippen LogP contribution in [0.4, 0.5) is 0 Å². The molecule has 0 bridgehead atoms. The first-order valence-corrected chi connectivity index (χ1v) is 10.6. The van der Waals surface area contributed by atoms with Crippen LogP contribution in [0.15, 0.2) is 122 Å².